The third kappa shape index (κ3) is 2.93. The van der Waals surface area contributed by atoms with Crippen molar-refractivity contribution in [1.29, 1.82) is 10.5 Å². The quantitative estimate of drug-likeness (QED) is 0.760. The maximum absolute atomic E-state index is 8.61. The highest BCUT2D eigenvalue weighted by Gasteiger charge is 2.11. The molecule has 1 heterocycles. The molecule has 0 unspecified atom stereocenters. The Morgan fingerprint density at radius 2 is 2.06 bits per heavy atom. The third-order valence-corrected chi connectivity index (χ3v) is 2.13. The molecule has 0 aromatic carbocycles. The van der Waals surface area contributed by atoms with E-state index < -0.39 is 0 Å². The van der Waals surface area contributed by atoms with Gasteiger partial charge in [-0.05, 0) is 13.8 Å². The van der Waals surface area contributed by atoms with Crippen LogP contribution < -0.4 is 4.90 Å². The second-order valence-electron chi connectivity index (χ2n) is 3.57. The summed E-state index contributed by atoms with van der Waals surface area (Å²) in [6.45, 7) is 4.67. The van der Waals surface area contributed by atoms with E-state index in [0.717, 1.165) is 0 Å². The van der Waals surface area contributed by atoms with E-state index >= 15 is 0 Å². The predicted octanol–water partition coefficient (Wildman–Crippen LogP) is 1.48. The van der Waals surface area contributed by atoms with E-state index in [1.807, 2.05) is 24.8 Å². The first kappa shape index (κ1) is 11.9. The molecule has 0 saturated carbocycles. The molecule has 5 heteroatoms. The molecular weight excluding hydrogens is 202 g/mol. The van der Waals surface area contributed by atoms with E-state index in [2.05, 4.69) is 16.0 Å². The van der Waals surface area contributed by atoms with Gasteiger partial charge in [0.15, 0.2) is 5.69 Å². The summed E-state index contributed by atoms with van der Waals surface area (Å²) in [5.41, 5.74) is 0.299. The molecule has 0 spiro atoms. The van der Waals surface area contributed by atoms with E-state index in [-0.39, 0.29) is 6.04 Å². The van der Waals surface area contributed by atoms with Crippen LogP contribution in [0.3, 0.4) is 0 Å². The number of anilines is 1. The van der Waals surface area contributed by atoms with Gasteiger partial charge in [0.2, 0.25) is 0 Å². The van der Waals surface area contributed by atoms with Gasteiger partial charge in [0, 0.05) is 12.6 Å². The fraction of sp³-hybridized carbons (Fsp3) is 0.455. The average Bonchev–Trinajstić information content (AvgIpc) is 2.30. The summed E-state index contributed by atoms with van der Waals surface area (Å²) < 4.78 is 0. The summed E-state index contributed by atoms with van der Waals surface area (Å²) in [5.74, 6) is 0.698. The van der Waals surface area contributed by atoms with Crippen LogP contribution in [0.25, 0.3) is 0 Å². The number of rotatable bonds is 4. The Morgan fingerprint density at radius 3 is 2.50 bits per heavy atom. The van der Waals surface area contributed by atoms with Gasteiger partial charge in [-0.1, -0.05) is 0 Å². The van der Waals surface area contributed by atoms with Gasteiger partial charge in [-0.3, -0.25) is 0 Å². The Balaban J connectivity index is 2.85. The van der Waals surface area contributed by atoms with Crippen molar-refractivity contribution in [3.8, 4) is 12.1 Å². The summed E-state index contributed by atoms with van der Waals surface area (Å²) in [7, 11) is 0. The van der Waals surface area contributed by atoms with Gasteiger partial charge in [-0.15, -0.1) is 0 Å². The summed E-state index contributed by atoms with van der Waals surface area (Å²) >= 11 is 0. The van der Waals surface area contributed by atoms with Crippen molar-refractivity contribution < 1.29 is 0 Å². The maximum Gasteiger partial charge on any atom is 0.158 e. The summed E-state index contributed by atoms with van der Waals surface area (Å²) in [5, 5.41) is 17.2. The fourth-order valence-corrected chi connectivity index (χ4v) is 1.34. The molecule has 82 valence electrons. The molecule has 0 N–H and O–H groups in total. The number of aromatic nitrogens is 2. The SMILES string of the molecule is CC(C)N(CCC#N)c1cnc(C#N)cn1. The minimum Gasteiger partial charge on any atom is -0.352 e. The van der Waals surface area contributed by atoms with Crippen LogP contribution in [0.4, 0.5) is 5.82 Å². The molecule has 0 saturated heterocycles. The number of nitriles is 2. The van der Waals surface area contributed by atoms with Gasteiger partial charge >= 0.3 is 0 Å². The van der Waals surface area contributed by atoms with Crippen molar-refractivity contribution >= 4 is 5.82 Å². The van der Waals surface area contributed by atoms with Crippen LogP contribution in [0.1, 0.15) is 26.0 Å². The average molecular weight is 215 g/mol. The van der Waals surface area contributed by atoms with Crippen molar-refractivity contribution in [2.45, 2.75) is 26.3 Å². The summed E-state index contributed by atoms with van der Waals surface area (Å²) in [6.07, 6.45) is 3.45. The number of nitrogens with zero attached hydrogens (tertiary/aromatic N) is 5. The minimum absolute atomic E-state index is 0.246. The highest BCUT2D eigenvalue weighted by molar-refractivity contribution is 5.38. The van der Waals surface area contributed by atoms with E-state index in [1.165, 1.54) is 6.20 Å². The molecule has 1 rings (SSSR count). The number of hydrogen-bond acceptors (Lipinski definition) is 5. The van der Waals surface area contributed by atoms with Crippen LogP contribution in [0, 0.1) is 22.7 Å². The van der Waals surface area contributed by atoms with Crippen molar-refractivity contribution in [2.24, 2.45) is 0 Å². The molecule has 0 aliphatic rings. The standard InChI is InChI=1S/C11H13N5/c1-9(2)16(5-3-4-12)11-8-14-10(6-13)7-15-11/h7-9H,3,5H2,1-2H3. The Hall–Kier alpha value is -2.14. The first-order chi connectivity index (χ1) is 7.69. The first-order valence-corrected chi connectivity index (χ1v) is 5.04. The van der Waals surface area contributed by atoms with Crippen LogP contribution >= 0.6 is 0 Å². The zero-order valence-corrected chi connectivity index (χ0v) is 9.38. The van der Waals surface area contributed by atoms with E-state index in [4.69, 9.17) is 10.5 Å². The molecule has 0 bridgehead atoms. The second-order valence-corrected chi connectivity index (χ2v) is 3.57. The van der Waals surface area contributed by atoms with Crippen LogP contribution in [0.5, 0.6) is 0 Å². The Morgan fingerprint density at radius 1 is 1.31 bits per heavy atom. The van der Waals surface area contributed by atoms with Crippen molar-refractivity contribution in [3.63, 3.8) is 0 Å². The predicted molar refractivity (Wildman–Crippen MR) is 59.5 cm³/mol. The van der Waals surface area contributed by atoms with Crippen molar-refractivity contribution in [1.82, 2.24) is 9.97 Å². The third-order valence-electron chi connectivity index (χ3n) is 2.13. The highest BCUT2D eigenvalue weighted by Crippen LogP contribution is 2.12. The van der Waals surface area contributed by atoms with Gasteiger partial charge in [0.25, 0.3) is 0 Å². The fourth-order valence-electron chi connectivity index (χ4n) is 1.34. The van der Waals surface area contributed by atoms with E-state index in [9.17, 15) is 0 Å². The van der Waals surface area contributed by atoms with Crippen molar-refractivity contribution in [2.75, 3.05) is 11.4 Å². The normalized spacial score (nSPS) is 9.56. The molecule has 0 amide bonds. The largest absolute Gasteiger partial charge is 0.352 e. The lowest BCUT2D eigenvalue weighted by molar-refractivity contribution is 0.675. The molecule has 0 radical (unpaired) electrons. The van der Waals surface area contributed by atoms with Crippen LogP contribution in [0.15, 0.2) is 12.4 Å². The number of hydrogen-bond donors (Lipinski definition) is 0. The van der Waals surface area contributed by atoms with Crippen LogP contribution in [0.2, 0.25) is 0 Å². The molecule has 16 heavy (non-hydrogen) atoms. The molecule has 1 aromatic rings. The molecule has 0 atom stereocenters. The summed E-state index contributed by atoms with van der Waals surface area (Å²) in [6, 6.07) is 4.27. The lowest BCUT2D eigenvalue weighted by Gasteiger charge is -2.26. The van der Waals surface area contributed by atoms with Gasteiger partial charge in [-0.25, -0.2) is 9.97 Å². The van der Waals surface area contributed by atoms with Gasteiger partial charge < -0.3 is 4.90 Å². The Labute approximate surface area is 95.0 Å². The van der Waals surface area contributed by atoms with Gasteiger partial charge in [0.1, 0.15) is 11.9 Å². The lowest BCUT2D eigenvalue weighted by atomic mass is 10.3. The van der Waals surface area contributed by atoms with Gasteiger partial charge in [-0.2, -0.15) is 10.5 Å². The minimum atomic E-state index is 0.246. The molecular formula is C11H13N5. The first-order valence-electron chi connectivity index (χ1n) is 5.04. The molecule has 0 aliphatic carbocycles. The smallest absolute Gasteiger partial charge is 0.158 e. The molecule has 0 fully saturated rings. The summed E-state index contributed by atoms with van der Waals surface area (Å²) in [4.78, 5) is 10.1. The second kappa shape index (κ2) is 5.67. The lowest BCUT2D eigenvalue weighted by Crippen LogP contribution is -2.32. The van der Waals surface area contributed by atoms with Crippen molar-refractivity contribution in [3.05, 3.63) is 18.1 Å². The topological polar surface area (TPSA) is 76.6 Å². The Bertz CT molecular complexity index is 409. The molecule has 5 nitrogen and oxygen atoms in total. The Kier molecular flexibility index (Phi) is 4.23. The van der Waals surface area contributed by atoms with Gasteiger partial charge in [0.05, 0.1) is 24.9 Å². The van der Waals surface area contributed by atoms with E-state index in [1.54, 1.807) is 6.20 Å². The maximum atomic E-state index is 8.61. The highest BCUT2D eigenvalue weighted by atomic mass is 15.2. The molecule has 0 aliphatic heterocycles. The van der Waals surface area contributed by atoms with Crippen LogP contribution in [-0.4, -0.2) is 22.6 Å². The monoisotopic (exact) mass is 215 g/mol. The molecule has 1 aromatic heterocycles. The van der Waals surface area contributed by atoms with Crippen LogP contribution in [-0.2, 0) is 0 Å². The zero-order chi connectivity index (χ0) is 12.0. The van der Waals surface area contributed by atoms with E-state index in [0.29, 0.717) is 24.5 Å². The zero-order valence-electron chi connectivity index (χ0n) is 9.38.